The molecule has 0 saturated heterocycles. The van der Waals surface area contributed by atoms with Crippen molar-refractivity contribution in [3.8, 4) is 10.6 Å². The number of nitrogens with zero attached hydrogens (tertiary/aromatic N) is 2. The number of thiazole rings is 1. The molecule has 8 nitrogen and oxygen atoms in total. The van der Waals surface area contributed by atoms with Gasteiger partial charge in [0.15, 0.2) is 6.10 Å². The van der Waals surface area contributed by atoms with Crippen LogP contribution < -0.4 is 11.1 Å². The number of carbonyl (C=O) groups excluding carboxylic acids is 3. The summed E-state index contributed by atoms with van der Waals surface area (Å²) >= 11 is 1.39. The number of pyridine rings is 1. The van der Waals surface area contributed by atoms with Gasteiger partial charge in [-0.3, -0.25) is 19.9 Å². The summed E-state index contributed by atoms with van der Waals surface area (Å²) in [7, 11) is 0. The number of rotatable bonds is 6. The van der Waals surface area contributed by atoms with Gasteiger partial charge in [0, 0.05) is 23.3 Å². The van der Waals surface area contributed by atoms with Gasteiger partial charge in [-0.25, -0.2) is 9.78 Å². The van der Waals surface area contributed by atoms with E-state index in [0.717, 1.165) is 10.6 Å². The van der Waals surface area contributed by atoms with Crippen molar-refractivity contribution in [2.45, 2.75) is 26.4 Å². The number of nitrogens with one attached hydrogen (secondary N) is 1. The van der Waals surface area contributed by atoms with E-state index >= 15 is 0 Å². The molecular weight excluding hydrogens is 344 g/mol. The number of imide groups is 1. The van der Waals surface area contributed by atoms with E-state index in [1.54, 1.807) is 37.7 Å². The maximum Gasteiger partial charge on any atom is 0.318 e. The third kappa shape index (κ3) is 5.35. The Bertz CT molecular complexity index is 761. The van der Waals surface area contributed by atoms with Crippen LogP contribution in [0.4, 0.5) is 4.79 Å². The minimum absolute atomic E-state index is 0.0795. The number of urea groups is 1. The zero-order valence-corrected chi connectivity index (χ0v) is 14.6. The molecule has 0 aliphatic heterocycles. The van der Waals surface area contributed by atoms with Gasteiger partial charge in [0.25, 0.3) is 5.91 Å². The van der Waals surface area contributed by atoms with E-state index in [-0.39, 0.29) is 12.3 Å². The van der Waals surface area contributed by atoms with Crippen molar-refractivity contribution in [1.29, 1.82) is 0 Å². The minimum atomic E-state index is -1.10. The summed E-state index contributed by atoms with van der Waals surface area (Å²) in [6.45, 7) is 3.39. The van der Waals surface area contributed by atoms with Crippen molar-refractivity contribution in [3.05, 3.63) is 35.6 Å². The number of carbonyl (C=O) groups is 3. The molecular formula is C16H18N4O4S. The fourth-order valence-electron chi connectivity index (χ4n) is 2.03. The monoisotopic (exact) mass is 362 g/mol. The second kappa shape index (κ2) is 8.34. The van der Waals surface area contributed by atoms with E-state index in [4.69, 9.17) is 10.5 Å². The molecule has 0 saturated carbocycles. The van der Waals surface area contributed by atoms with E-state index < -0.39 is 24.0 Å². The van der Waals surface area contributed by atoms with E-state index in [9.17, 15) is 14.4 Å². The Morgan fingerprint density at radius 1 is 1.36 bits per heavy atom. The Hall–Kier alpha value is -2.81. The molecule has 9 heteroatoms. The number of primary amides is 1. The lowest BCUT2D eigenvalue weighted by atomic mass is 10.1. The van der Waals surface area contributed by atoms with Crippen LogP contribution >= 0.6 is 11.3 Å². The van der Waals surface area contributed by atoms with Crippen molar-refractivity contribution >= 4 is 29.2 Å². The zero-order chi connectivity index (χ0) is 18.4. The molecule has 0 aliphatic rings. The van der Waals surface area contributed by atoms with Crippen LogP contribution in [0.2, 0.25) is 0 Å². The van der Waals surface area contributed by atoms with Crippen molar-refractivity contribution in [2.24, 2.45) is 11.7 Å². The van der Waals surface area contributed by atoms with Gasteiger partial charge >= 0.3 is 12.0 Å². The molecule has 1 atom stereocenters. The number of ether oxygens (including phenoxy) is 1. The molecule has 2 heterocycles. The first-order valence-corrected chi connectivity index (χ1v) is 8.39. The normalized spacial score (nSPS) is 11.8. The second-order valence-electron chi connectivity index (χ2n) is 5.57. The van der Waals surface area contributed by atoms with Gasteiger partial charge < -0.3 is 10.5 Å². The quantitative estimate of drug-likeness (QED) is 0.751. The van der Waals surface area contributed by atoms with Crippen LogP contribution in [-0.2, 0) is 20.7 Å². The molecule has 3 N–H and O–H groups in total. The molecule has 2 rings (SSSR count). The number of hydrogen-bond donors (Lipinski definition) is 2. The van der Waals surface area contributed by atoms with Gasteiger partial charge in [-0.2, -0.15) is 0 Å². The molecule has 2 aromatic rings. The SMILES string of the molecule is CC(C)[C@H](OC(=O)Cc1csc(-c2cccnc2)n1)C(=O)NC(N)=O. The standard InChI is InChI=1S/C16H18N4O4S/c1-9(2)13(14(22)20-16(17)23)24-12(21)6-11-8-25-15(19-11)10-4-3-5-18-7-10/h3-5,7-9,13H,6H2,1-2H3,(H3,17,20,22,23)/t13-/m0/s1. The largest absolute Gasteiger partial charge is 0.452 e. The van der Waals surface area contributed by atoms with Crippen LogP contribution in [0, 0.1) is 5.92 Å². The van der Waals surface area contributed by atoms with Gasteiger partial charge in [0.1, 0.15) is 5.01 Å². The summed E-state index contributed by atoms with van der Waals surface area (Å²) in [6.07, 6.45) is 2.17. The summed E-state index contributed by atoms with van der Waals surface area (Å²) < 4.78 is 5.19. The molecule has 0 spiro atoms. The first kappa shape index (κ1) is 18.5. The topological polar surface area (TPSA) is 124 Å². The lowest BCUT2D eigenvalue weighted by molar-refractivity contribution is -0.157. The average molecular weight is 362 g/mol. The Labute approximate surface area is 148 Å². The molecule has 0 aliphatic carbocycles. The van der Waals surface area contributed by atoms with Crippen LogP contribution in [-0.4, -0.2) is 34.0 Å². The van der Waals surface area contributed by atoms with Crippen LogP contribution in [0.5, 0.6) is 0 Å². The predicted molar refractivity (Wildman–Crippen MR) is 91.5 cm³/mol. The number of hydrogen-bond acceptors (Lipinski definition) is 7. The third-order valence-corrected chi connectivity index (χ3v) is 4.09. The molecule has 0 aromatic carbocycles. The fourth-order valence-corrected chi connectivity index (χ4v) is 2.84. The highest BCUT2D eigenvalue weighted by molar-refractivity contribution is 7.13. The van der Waals surface area contributed by atoms with E-state index in [0.29, 0.717) is 5.69 Å². The zero-order valence-electron chi connectivity index (χ0n) is 13.8. The van der Waals surface area contributed by atoms with E-state index in [1.807, 2.05) is 11.4 Å². The van der Waals surface area contributed by atoms with Gasteiger partial charge in [0.05, 0.1) is 12.1 Å². The second-order valence-corrected chi connectivity index (χ2v) is 6.43. The first-order chi connectivity index (χ1) is 11.9. The maximum atomic E-state index is 12.1. The summed E-state index contributed by atoms with van der Waals surface area (Å²) in [6, 6.07) is 2.68. The molecule has 132 valence electrons. The highest BCUT2D eigenvalue weighted by Crippen LogP contribution is 2.23. The minimum Gasteiger partial charge on any atom is -0.452 e. The lowest BCUT2D eigenvalue weighted by Crippen LogP contribution is -2.45. The first-order valence-electron chi connectivity index (χ1n) is 7.51. The van der Waals surface area contributed by atoms with Crippen LogP contribution in [0.25, 0.3) is 10.6 Å². The van der Waals surface area contributed by atoms with Crippen molar-refractivity contribution in [2.75, 3.05) is 0 Å². The molecule has 0 bridgehead atoms. The van der Waals surface area contributed by atoms with Crippen LogP contribution in [0.1, 0.15) is 19.5 Å². The molecule has 3 amide bonds. The van der Waals surface area contributed by atoms with Gasteiger partial charge in [0.2, 0.25) is 0 Å². The smallest absolute Gasteiger partial charge is 0.318 e. The van der Waals surface area contributed by atoms with Crippen LogP contribution in [0.3, 0.4) is 0 Å². The lowest BCUT2D eigenvalue weighted by Gasteiger charge is -2.19. The molecule has 25 heavy (non-hydrogen) atoms. The number of aromatic nitrogens is 2. The van der Waals surface area contributed by atoms with Crippen molar-refractivity contribution in [1.82, 2.24) is 15.3 Å². The summed E-state index contributed by atoms with van der Waals surface area (Å²) in [5.74, 6) is -1.67. The number of nitrogens with two attached hydrogens (primary N) is 1. The Balaban J connectivity index is 2.00. The fraction of sp³-hybridized carbons (Fsp3) is 0.312. The third-order valence-electron chi connectivity index (χ3n) is 3.15. The van der Waals surface area contributed by atoms with Gasteiger partial charge in [-0.1, -0.05) is 13.8 Å². The highest BCUT2D eigenvalue weighted by atomic mass is 32.1. The molecule has 2 aromatic heterocycles. The van der Waals surface area contributed by atoms with E-state index in [2.05, 4.69) is 9.97 Å². The van der Waals surface area contributed by atoms with Crippen LogP contribution in [0.15, 0.2) is 29.9 Å². The van der Waals surface area contributed by atoms with Gasteiger partial charge in [-0.05, 0) is 18.1 Å². The average Bonchev–Trinajstić information content (AvgIpc) is 3.01. The summed E-state index contributed by atoms with van der Waals surface area (Å²) in [5, 5.41) is 4.41. The number of esters is 1. The molecule has 0 unspecified atom stereocenters. The van der Waals surface area contributed by atoms with Crippen molar-refractivity contribution in [3.63, 3.8) is 0 Å². The summed E-state index contributed by atoms with van der Waals surface area (Å²) in [4.78, 5) is 43.1. The highest BCUT2D eigenvalue weighted by Gasteiger charge is 2.27. The molecule has 0 radical (unpaired) electrons. The Morgan fingerprint density at radius 3 is 2.72 bits per heavy atom. The molecule has 0 fully saturated rings. The van der Waals surface area contributed by atoms with Crippen molar-refractivity contribution < 1.29 is 19.1 Å². The number of amides is 3. The van der Waals surface area contributed by atoms with Gasteiger partial charge in [-0.15, -0.1) is 11.3 Å². The summed E-state index contributed by atoms with van der Waals surface area (Å²) in [5.41, 5.74) is 6.31. The predicted octanol–water partition coefficient (Wildman–Crippen LogP) is 1.51. The Morgan fingerprint density at radius 2 is 2.12 bits per heavy atom. The Kier molecular flexibility index (Phi) is 6.18. The maximum absolute atomic E-state index is 12.1. The van der Waals surface area contributed by atoms with E-state index in [1.165, 1.54) is 11.3 Å².